The third kappa shape index (κ3) is 12.1. The van der Waals surface area contributed by atoms with E-state index in [9.17, 15) is 19.2 Å². The van der Waals surface area contributed by atoms with Crippen LogP contribution in [0.25, 0.3) is 0 Å². The number of hydrogen-bond acceptors (Lipinski definition) is 8. The van der Waals surface area contributed by atoms with Crippen LogP contribution in [0, 0.1) is 17.8 Å². The van der Waals surface area contributed by atoms with Crippen LogP contribution in [0.3, 0.4) is 0 Å². The van der Waals surface area contributed by atoms with Gasteiger partial charge in [0.05, 0.1) is 49.2 Å². The van der Waals surface area contributed by atoms with Crippen molar-refractivity contribution in [2.45, 2.75) is 111 Å². The second-order valence-electron chi connectivity index (χ2n) is 11.5. The molecule has 7 unspecified atom stereocenters. The topological polar surface area (TPSA) is 178 Å². The van der Waals surface area contributed by atoms with E-state index < -0.39 is 30.1 Å². The molecule has 0 radical (unpaired) electrons. The second-order valence-corrected chi connectivity index (χ2v) is 11.5. The Morgan fingerprint density at radius 1 is 1.05 bits per heavy atom. The minimum absolute atomic E-state index is 0. The van der Waals surface area contributed by atoms with Gasteiger partial charge >= 0.3 is 0 Å². The van der Waals surface area contributed by atoms with Crippen LogP contribution in [0.2, 0.25) is 0 Å². The Hall–Kier alpha value is -2.28. The molecule has 0 bridgehead atoms. The third-order valence-electron chi connectivity index (χ3n) is 8.01. The van der Waals surface area contributed by atoms with E-state index in [1.165, 1.54) is 13.5 Å². The van der Waals surface area contributed by atoms with Crippen LogP contribution in [0.15, 0.2) is 0 Å². The van der Waals surface area contributed by atoms with Gasteiger partial charge in [0.2, 0.25) is 23.6 Å². The lowest BCUT2D eigenvalue weighted by Crippen LogP contribution is -2.55. The van der Waals surface area contributed by atoms with Gasteiger partial charge in [-0.1, -0.05) is 61.3 Å². The normalized spacial score (nSPS) is 18.9. The first-order valence-electron chi connectivity index (χ1n) is 15.1. The number of likely N-dealkylation sites (tertiary alicyclic amines) is 1. The van der Waals surface area contributed by atoms with Crippen molar-refractivity contribution in [1.82, 2.24) is 26.6 Å². The van der Waals surface area contributed by atoms with E-state index in [2.05, 4.69) is 24.5 Å². The van der Waals surface area contributed by atoms with Crippen molar-refractivity contribution in [3.05, 3.63) is 0 Å². The molecule has 1 fully saturated rings. The smallest absolute Gasteiger partial charge is 0.242 e. The molecule has 42 heavy (non-hydrogen) atoms. The summed E-state index contributed by atoms with van der Waals surface area (Å²) in [5.74, 6) is -1.51. The molecule has 1 heterocycles. The van der Waals surface area contributed by atoms with Crippen molar-refractivity contribution in [2.75, 3.05) is 41.4 Å². The first-order chi connectivity index (χ1) is 19.3. The predicted molar refractivity (Wildman–Crippen MR) is 167 cm³/mol. The van der Waals surface area contributed by atoms with Gasteiger partial charge in [0, 0.05) is 27.8 Å². The Morgan fingerprint density at radius 3 is 2.05 bits per heavy atom. The summed E-state index contributed by atoms with van der Waals surface area (Å²) in [5.41, 5.74) is 5.53. The average molecular weight is 603 g/mol. The number of nitrogens with two attached hydrogens (primary N) is 1. The third-order valence-corrected chi connectivity index (χ3v) is 8.01. The number of methoxy groups -OCH3 is 2. The number of likely N-dealkylation sites (N-methyl/N-ethyl adjacent to an activating group) is 2. The molecule has 0 spiro atoms. The molecular weight excluding hydrogens is 540 g/mol. The molecular formula is C30H62N6O6. The summed E-state index contributed by atoms with van der Waals surface area (Å²) in [4.78, 5) is 54.4. The van der Waals surface area contributed by atoms with Crippen molar-refractivity contribution in [2.24, 2.45) is 23.5 Å². The van der Waals surface area contributed by atoms with Gasteiger partial charge in [0.25, 0.3) is 0 Å². The maximum atomic E-state index is 13.5. The maximum absolute atomic E-state index is 13.5. The molecule has 4 amide bonds. The van der Waals surface area contributed by atoms with Crippen molar-refractivity contribution < 1.29 is 28.7 Å². The highest BCUT2D eigenvalue weighted by atomic mass is 16.5. The summed E-state index contributed by atoms with van der Waals surface area (Å²) in [6.07, 6.45) is 2.56. The highest BCUT2D eigenvalue weighted by Crippen LogP contribution is 2.29. The standard InChI is InChI=1S/C27H51N5O6.C3H8.H3N/c1-10-17(4)24(31(7)22(34)15-30-27(36)23(29-6)16(2)3)20(37-8)14-21(33)32-13-11-12-19(32)25(38-9)18(5)26(28)35;1-3-2;/h16-20,23-25,29H,10-15H2,1-9H3,(H2,28,35)(H,30,36);3H2,1-2H3;1H3. The summed E-state index contributed by atoms with van der Waals surface area (Å²) in [6, 6.07) is -1.04. The molecule has 1 aliphatic rings. The van der Waals surface area contributed by atoms with Gasteiger partial charge in [-0.05, 0) is 31.7 Å². The van der Waals surface area contributed by atoms with Crippen molar-refractivity contribution in [3.8, 4) is 0 Å². The summed E-state index contributed by atoms with van der Waals surface area (Å²) in [7, 11) is 6.48. The molecule has 0 aromatic heterocycles. The zero-order chi connectivity index (χ0) is 31.9. The zero-order valence-corrected chi connectivity index (χ0v) is 28.2. The number of carbonyl (C=O) groups excluding carboxylic acids is 4. The summed E-state index contributed by atoms with van der Waals surface area (Å²) in [6.45, 7) is 14.3. The number of ether oxygens (including phenoxy) is 2. The number of primary amides is 1. The number of hydrogen-bond donors (Lipinski definition) is 4. The van der Waals surface area contributed by atoms with E-state index in [1.54, 1.807) is 37.9 Å². The Kier molecular flexibility index (Phi) is 21.3. The molecule has 0 aliphatic carbocycles. The van der Waals surface area contributed by atoms with Crippen LogP contribution in [0.4, 0.5) is 0 Å². The van der Waals surface area contributed by atoms with E-state index in [-0.39, 0.29) is 60.8 Å². The fraction of sp³-hybridized carbons (Fsp3) is 0.867. The van der Waals surface area contributed by atoms with E-state index in [1.807, 2.05) is 27.7 Å². The Morgan fingerprint density at radius 2 is 1.62 bits per heavy atom. The summed E-state index contributed by atoms with van der Waals surface area (Å²) >= 11 is 0. The molecule has 7 atom stereocenters. The average Bonchev–Trinajstić information content (AvgIpc) is 3.41. The minimum atomic E-state index is -0.557. The fourth-order valence-corrected chi connectivity index (χ4v) is 5.50. The van der Waals surface area contributed by atoms with Crippen molar-refractivity contribution in [1.29, 1.82) is 0 Å². The van der Waals surface area contributed by atoms with Crippen LogP contribution in [-0.4, -0.2) is 105 Å². The lowest BCUT2D eigenvalue weighted by Gasteiger charge is -2.39. The quantitative estimate of drug-likeness (QED) is 0.208. The van der Waals surface area contributed by atoms with Gasteiger partial charge in [0.1, 0.15) is 0 Å². The van der Waals surface area contributed by atoms with Gasteiger partial charge in [-0.2, -0.15) is 0 Å². The maximum Gasteiger partial charge on any atom is 0.242 e. The van der Waals surface area contributed by atoms with Crippen LogP contribution in [-0.2, 0) is 28.7 Å². The summed E-state index contributed by atoms with van der Waals surface area (Å²) < 4.78 is 11.4. The van der Waals surface area contributed by atoms with Crippen molar-refractivity contribution >= 4 is 23.6 Å². The molecule has 0 aromatic rings. The SMILES string of the molecule is CCC.CCC(C)C(C(CC(=O)N1CCCC1C(OC)C(C)C(N)=O)OC)N(C)C(=O)CNC(=O)C(NC)C(C)C.N. The molecule has 7 N–H and O–H groups in total. The van der Waals surface area contributed by atoms with Crippen LogP contribution < -0.4 is 22.5 Å². The number of amides is 4. The van der Waals surface area contributed by atoms with Gasteiger partial charge < -0.3 is 41.8 Å². The molecule has 0 aromatic carbocycles. The van der Waals surface area contributed by atoms with E-state index in [4.69, 9.17) is 15.2 Å². The van der Waals surface area contributed by atoms with Crippen LogP contribution in [0.5, 0.6) is 0 Å². The van der Waals surface area contributed by atoms with E-state index in [0.29, 0.717) is 6.54 Å². The second kappa shape index (κ2) is 21.4. The lowest BCUT2D eigenvalue weighted by atomic mass is 9.90. The molecule has 12 nitrogen and oxygen atoms in total. The first kappa shape index (κ1) is 41.9. The first-order valence-corrected chi connectivity index (χ1v) is 15.1. The lowest BCUT2D eigenvalue weighted by molar-refractivity contribution is -0.145. The molecule has 12 heteroatoms. The molecule has 1 saturated heterocycles. The van der Waals surface area contributed by atoms with Gasteiger partial charge in [-0.15, -0.1) is 0 Å². The molecule has 0 saturated carbocycles. The molecule has 248 valence electrons. The highest BCUT2D eigenvalue weighted by molar-refractivity contribution is 5.87. The number of rotatable bonds is 16. The Balaban J connectivity index is 0. The number of nitrogens with one attached hydrogen (secondary N) is 2. The van der Waals surface area contributed by atoms with Crippen LogP contribution >= 0.6 is 0 Å². The molecule has 1 aliphatic heterocycles. The zero-order valence-electron chi connectivity index (χ0n) is 28.2. The summed E-state index contributed by atoms with van der Waals surface area (Å²) in [5, 5.41) is 5.71. The predicted octanol–water partition coefficient (Wildman–Crippen LogP) is 2.33. The number of nitrogens with zero attached hydrogens (tertiary/aromatic N) is 2. The highest BCUT2D eigenvalue weighted by Gasteiger charge is 2.41. The van der Waals surface area contributed by atoms with Gasteiger partial charge in [-0.3, -0.25) is 19.2 Å². The monoisotopic (exact) mass is 602 g/mol. The van der Waals surface area contributed by atoms with Crippen LogP contribution in [0.1, 0.15) is 80.6 Å². The largest absolute Gasteiger partial charge is 0.379 e. The van der Waals surface area contributed by atoms with Crippen molar-refractivity contribution in [3.63, 3.8) is 0 Å². The van der Waals surface area contributed by atoms with Gasteiger partial charge in [-0.25, -0.2) is 0 Å². The fourth-order valence-electron chi connectivity index (χ4n) is 5.50. The molecule has 1 rings (SSSR count). The van der Waals surface area contributed by atoms with Gasteiger partial charge in [0.15, 0.2) is 0 Å². The Labute approximate surface area is 254 Å². The minimum Gasteiger partial charge on any atom is -0.379 e. The van der Waals surface area contributed by atoms with E-state index >= 15 is 0 Å². The number of carbonyl (C=O) groups is 4. The Bertz CT molecular complexity index is 813. The van der Waals surface area contributed by atoms with E-state index in [0.717, 1.165) is 19.3 Å².